The van der Waals surface area contributed by atoms with E-state index < -0.39 is 9.84 Å². The number of nitrogens with one attached hydrogen (secondary N) is 1. The molecule has 0 aliphatic carbocycles. The number of hydrogen-bond acceptors (Lipinski definition) is 5. The van der Waals surface area contributed by atoms with Crippen molar-refractivity contribution >= 4 is 31.6 Å². The van der Waals surface area contributed by atoms with E-state index in [4.69, 9.17) is 0 Å². The molecule has 1 aromatic heterocycles. The number of aromatic nitrogens is 2. The Morgan fingerprint density at radius 1 is 1.20 bits per heavy atom. The van der Waals surface area contributed by atoms with Gasteiger partial charge in [-0.25, -0.2) is 18.4 Å². The summed E-state index contributed by atoms with van der Waals surface area (Å²) in [5.74, 6) is 0.658. The van der Waals surface area contributed by atoms with Crippen molar-refractivity contribution in [1.29, 1.82) is 0 Å². The molecule has 0 amide bonds. The second-order valence-corrected chi connectivity index (χ2v) is 7.27. The van der Waals surface area contributed by atoms with Crippen LogP contribution in [-0.4, -0.2) is 31.7 Å². The number of anilines is 1. The number of halogens is 1. The van der Waals surface area contributed by atoms with E-state index in [2.05, 4.69) is 31.2 Å². The highest BCUT2D eigenvalue weighted by molar-refractivity contribution is 9.10. The van der Waals surface area contributed by atoms with Gasteiger partial charge in [-0.2, -0.15) is 0 Å². The molecule has 0 fully saturated rings. The van der Waals surface area contributed by atoms with Crippen LogP contribution in [0.3, 0.4) is 0 Å². The highest BCUT2D eigenvalue weighted by Gasteiger charge is 2.15. The van der Waals surface area contributed by atoms with Crippen LogP contribution in [0.15, 0.2) is 34.8 Å². The molecule has 2 aromatic rings. The molecular formula is C13H14BrN3O2S. The normalized spacial score (nSPS) is 11.3. The molecule has 0 aliphatic rings. The van der Waals surface area contributed by atoms with Gasteiger partial charge in [0.05, 0.1) is 10.2 Å². The SMILES string of the molecule is CNc1nc(CS(C)(=O)=O)nc(-c2ccccc2)c1Br. The van der Waals surface area contributed by atoms with Gasteiger partial charge >= 0.3 is 0 Å². The third kappa shape index (κ3) is 3.55. The molecule has 5 nitrogen and oxygen atoms in total. The average Bonchev–Trinajstić information content (AvgIpc) is 2.40. The molecule has 106 valence electrons. The monoisotopic (exact) mass is 355 g/mol. The molecule has 2 rings (SSSR count). The number of benzene rings is 1. The number of rotatable bonds is 4. The lowest BCUT2D eigenvalue weighted by Gasteiger charge is -2.11. The summed E-state index contributed by atoms with van der Waals surface area (Å²) in [6, 6.07) is 9.54. The summed E-state index contributed by atoms with van der Waals surface area (Å²) in [7, 11) is -1.45. The van der Waals surface area contributed by atoms with E-state index in [1.807, 2.05) is 30.3 Å². The lowest BCUT2D eigenvalue weighted by atomic mass is 10.1. The van der Waals surface area contributed by atoms with Crippen LogP contribution in [0.1, 0.15) is 5.82 Å². The largest absolute Gasteiger partial charge is 0.372 e. The molecule has 0 bridgehead atoms. The van der Waals surface area contributed by atoms with E-state index in [1.54, 1.807) is 7.05 Å². The summed E-state index contributed by atoms with van der Waals surface area (Å²) in [5, 5.41) is 2.94. The highest BCUT2D eigenvalue weighted by Crippen LogP contribution is 2.31. The van der Waals surface area contributed by atoms with Crippen LogP contribution in [0.5, 0.6) is 0 Å². The zero-order valence-electron chi connectivity index (χ0n) is 11.1. The van der Waals surface area contributed by atoms with Gasteiger partial charge in [0.1, 0.15) is 17.4 Å². The molecule has 0 saturated carbocycles. The fourth-order valence-electron chi connectivity index (χ4n) is 1.75. The first-order valence-electron chi connectivity index (χ1n) is 5.88. The summed E-state index contributed by atoms with van der Waals surface area (Å²) < 4.78 is 23.6. The first-order chi connectivity index (χ1) is 9.40. The van der Waals surface area contributed by atoms with Crippen molar-refractivity contribution in [2.75, 3.05) is 18.6 Å². The van der Waals surface area contributed by atoms with Crippen LogP contribution >= 0.6 is 15.9 Å². The van der Waals surface area contributed by atoms with E-state index in [0.717, 1.165) is 5.56 Å². The van der Waals surface area contributed by atoms with Gasteiger partial charge in [0.25, 0.3) is 0 Å². The van der Waals surface area contributed by atoms with Crippen molar-refractivity contribution in [2.45, 2.75) is 5.75 Å². The summed E-state index contributed by atoms with van der Waals surface area (Å²) in [4.78, 5) is 8.57. The molecular weight excluding hydrogens is 342 g/mol. The lowest BCUT2D eigenvalue weighted by molar-refractivity contribution is 0.599. The maximum atomic E-state index is 11.4. The summed E-state index contributed by atoms with van der Waals surface area (Å²) in [6.45, 7) is 0. The Hall–Kier alpha value is -1.47. The summed E-state index contributed by atoms with van der Waals surface area (Å²) >= 11 is 3.46. The van der Waals surface area contributed by atoms with E-state index in [-0.39, 0.29) is 11.6 Å². The van der Waals surface area contributed by atoms with Gasteiger partial charge in [-0.1, -0.05) is 30.3 Å². The average molecular weight is 356 g/mol. The van der Waals surface area contributed by atoms with Gasteiger partial charge in [-0.05, 0) is 15.9 Å². The second-order valence-electron chi connectivity index (χ2n) is 4.34. The minimum Gasteiger partial charge on any atom is -0.372 e. The second kappa shape index (κ2) is 5.88. The third-order valence-corrected chi connectivity index (χ3v) is 4.11. The topological polar surface area (TPSA) is 72.0 Å². The Morgan fingerprint density at radius 3 is 2.40 bits per heavy atom. The van der Waals surface area contributed by atoms with Gasteiger partial charge in [0, 0.05) is 18.9 Å². The van der Waals surface area contributed by atoms with Gasteiger partial charge in [-0.3, -0.25) is 0 Å². The first kappa shape index (κ1) is 14.9. The smallest absolute Gasteiger partial charge is 0.154 e. The maximum absolute atomic E-state index is 11.4. The first-order valence-corrected chi connectivity index (χ1v) is 8.73. The molecule has 1 N–H and O–H groups in total. The van der Waals surface area contributed by atoms with Crippen molar-refractivity contribution in [1.82, 2.24) is 9.97 Å². The molecule has 0 atom stereocenters. The van der Waals surface area contributed by atoms with Crippen molar-refractivity contribution in [3.05, 3.63) is 40.6 Å². The highest BCUT2D eigenvalue weighted by atomic mass is 79.9. The fourth-order valence-corrected chi connectivity index (χ4v) is 2.95. The van der Waals surface area contributed by atoms with Crippen LogP contribution < -0.4 is 5.32 Å². The maximum Gasteiger partial charge on any atom is 0.154 e. The molecule has 0 radical (unpaired) electrons. The van der Waals surface area contributed by atoms with E-state index >= 15 is 0 Å². The van der Waals surface area contributed by atoms with Crippen LogP contribution in [0.2, 0.25) is 0 Å². The minimum atomic E-state index is -3.18. The van der Waals surface area contributed by atoms with E-state index in [0.29, 0.717) is 16.0 Å². The fraction of sp³-hybridized carbons (Fsp3) is 0.231. The zero-order chi connectivity index (χ0) is 14.8. The number of nitrogens with zero attached hydrogens (tertiary/aromatic N) is 2. The quantitative estimate of drug-likeness (QED) is 0.911. The van der Waals surface area contributed by atoms with Crippen molar-refractivity contribution in [3.8, 4) is 11.3 Å². The van der Waals surface area contributed by atoms with Crippen LogP contribution in [-0.2, 0) is 15.6 Å². The summed E-state index contributed by atoms with van der Waals surface area (Å²) in [6.07, 6.45) is 1.17. The predicted octanol–water partition coefficient (Wildman–Crippen LogP) is 2.49. The van der Waals surface area contributed by atoms with Gasteiger partial charge in [0.15, 0.2) is 9.84 Å². The molecule has 1 aromatic carbocycles. The molecule has 7 heteroatoms. The zero-order valence-corrected chi connectivity index (χ0v) is 13.5. The predicted molar refractivity (Wildman–Crippen MR) is 83.3 cm³/mol. The van der Waals surface area contributed by atoms with Crippen LogP contribution in [0, 0.1) is 0 Å². The Morgan fingerprint density at radius 2 is 1.85 bits per heavy atom. The van der Waals surface area contributed by atoms with Crippen LogP contribution in [0.25, 0.3) is 11.3 Å². The Labute approximate surface area is 126 Å². The van der Waals surface area contributed by atoms with E-state index in [9.17, 15) is 8.42 Å². The van der Waals surface area contributed by atoms with E-state index in [1.165, 1.54) is 6.26 Å². The van der Waals surface area contributed by atoms with Crippen LogP contribution in [0.4, 0.5) is 5.82 Å². The lowest BCUT2D eigenvalue weighted by Crippen LogP contribution is -2.08. The van der Waals surface area contributed by atoms with Gasteiger partial charge in [0.2, 0.25) is 0 Å². The summed E-state index contributed by atoms with van der Waals surface area (Å²) in [5.41, 5.74) is 1.57. The minimum absolute atomic E-state index is 0.186. The van der Waals surface area contributed by atoms with Crippen molar-refractivity contribution in [3.63, 3.8) is 0 Å². The molecule has 0 aliphatic heterocycles. The molecule has 0 spiro atoms. The molecule has 0 saturated heterocycles. The Bertz CT molecular complexity index is 718. The van der Waals surface area contributed by atoms with Gasteiger partial charge in [-0.15, -0.1) is 0 Å². The standard InChI is InChI=1S/C13H14BrN3O2S/c1-15-13-11(14)12(9-6-4-3-5-7-9)16-10(17-13)8-20(2,18)19/h3-7H,8H2,1-2H3,(H,15,16,17). The molecule has 20 heavy (non-hydrogen) atoms. The van der Waals surface area contributed by atoms with Crippen molar-refractivity contribution < 1.29 is 8.42 Å². The number of sulfone groups is 1. The Balaban J connectivity index is 2.59. The molecule has 0 unspecified atom stereocenters. The van der Waals surface area contributed by atoms with Gasteiger partial charge < -0.3 is 5.32 Å². The Kier molecular flexibility index (Phi) is 4.39. The number of hydrogen-bond donors (Lipinski definition) is 1. The molecule has 1 heterocycles. The van der Waals surface area contributed by atoms with Crippen molar-refractivity contribution in [2.24, 2.45) is 0 Å². The third-order valence-electron chi connectivity index (χ3n) is 2.57.